The van der Waals surface area contributed by atoms with Crippen LogP contribution in [0.1, 0.15) is 0 Å². The number of hydrogen-bond acceptors (Lipinski definition) is 5. The van der Waals surface area contributed by atoms with Crippen LogP contribution >= 0.6 is 11.8 Å². The molecule has 0 bridgehead atoms. The zero-order chi connectivity index (χ0) is 11.3. The van der Waals surface area contributed by atoms with Crippen LogP contribution in [0.15, 0.2) is 33.4 Å². The van der Waals surface area contributed by atoms with Gasteiger partial charge in [0.2, 0.25) is 10.0 Å². The Morgan fingerprint density at radius 1 is 1.40 bits per heavy atom. The van der Waals surface area contributed by atoms with E-state index in [0.29, 0.717) is 5.57 Å². The molecule has 8 heteroatoms. The second-order valence-corrected chi connectivity index (χ2v) is 8.20. The summed E-state index contributed by atoms with van der Waals surface area (Å²) in [4.78, 5) is 0. The maximum absolute atomic E-state index is 11.5. The molecule has 0 aliphatic carbocycles. The van der Waals surface area contributed by atoms with E-state index < -0.39 is 24.4 Å². The van der Waals surface area contributed by atoms with Crippen molar-refractivity contribution >= 4 is 31.6 Å². The summed E-state index contributed by atoms with van der Waals surface area (Å²) in [6.07, 6.45) is 4.24. The average Bonchev–Trinajstić information content (AvgIpc) is 2.47. The van der Waals surface area contributed by atoms with Crippen molar-refractivity contribution in [1.29, 1.82) is 0 Å². The summed E-state index contributed by atoms with van der Waals surface area (Å²) < 4.78 is 44.1. The third-order valence-electron chi connectivity index (χ3n) is 1.92. The lowest BCUT2D eigenvalue weighted by molar-refractivity contribution is 0.603. The summed E-state index contributed by atoms with van der Waals surface area (Å²) in [7, 11) is -7.23. The molecule has 0 fully saturated rings. The molecule has 2 N–H and O–H groups in total. The molecule has 2 aliphatic rings. The Balaban J connectivity index is 2.50. The smallest absolute Gasteiger partial charge is 0.224 e. The molecule has 0 aromatic heterocycles. The third kappa shape index (κ3) is 1.89. The highest BCUT2D eigenvalue weighted by Crippen LogP contribution is 2.43. The summed E-state index contributed by atoms with van der Waals surface area (Å²) in [6, 6.07) is 0. The Labute approximate surface area is 91.7 Å². The molecule has 0 aromatic rings. The second-order valence-electron chi connectivity index (χ2n) is 3.04. The Bertz CT molecular complexity index is 594. The molecule has 1 atom stereocenters. The molecule has 0 aromatic carbocycles. The Kier molecular flexibility index (Phi) is 2.34. The SMILES string of the molecule is NS(=O)(=O)C1=CC2=CC=CS(=O)(=O)C2S1. The van der Waals surface area contributed by atoms with Gasteiger partial charge in [0.05, 0.1) is 0 Å². The molecule has 5 nitrogen and oxygen atoms in total. The summed E-state index contributed by atoms with van der Waals surface area (Å²) >= 11 is 0.749. The monoisotopic (exact) mass is 265 g/mol. The Morgan fingerprint density at radius 3 is 2.60 bits per heavy atom. The third-order valence-corrected chi connectivity index (χ3v) is 6.92. The first-order valence-electron chi connectivity index (χ1n) is 3.84. The van der Waals surface area contributed by atoms with Crippen molar-refractivity contribution in [2.24, 2.45) is 5.14 Å². The van der Waals surface area contributed by atoms with Gasteiger partial charge in [0.15, 0.2) is 9.84 Å². The van der Waals surface area contributed by atoms with Gasteiger partial charge in [-0.2, -0.15) is 0 Å². The zero-order valence-electron chi connectivity index (χ0n) is 7.32. The first-order chi connectivity index (χ1) is 6.81. The molecular weight excluding hydrogens is 258 g/mol. The van der Waals surface area contributed by atoms with Crippen LogP contribution < -0.4 is 5.14 Å². The van der Waals surface area contributed by atoms with E-state index in [0.717, 1.165) is 17.2 Å². The minimum absolute atomic E-state index is 0.106. The fraction of sp³-hybridized carbons (Fsp3) is 0.143. The maximum atomic E-state index is 11.5. The molecule has 0 spiro atoms. The van der Waals surface area contributed by atoms with Gasteiger partial charge in [-0.3, -0.25) is 0 Å². The van der Waals surface area contributed by atoms with Crippen molar-refractivity contribution in [3.8, 4) is 0 Å². The van der Waals surface area contributed by atoms with Gasteiger partial charge in [0.25, 0.3) is 0 Å². The molecule has 1 unspecified atom stereocenters. The van der Waals surface area contributed by atoms with Crippen LogP contribution in [-0.2, 0) is 19.9 Å². The van der Waals surface area contributed by atoms with Crippen LogP contribution in [0, 0.1) is 0 Å². The van der Waals surface area contributed by atoms with Gasteiger partial charge < -0.3 is 0 Å². The predicted octanol–water partition coefficient (Wildman–Crippen LogP) is 0.0577. The number of sulfone groups is 1. The van der Waals surface area contributed by atoms with Crippen molar-refractivity contribution < 1.29 is 16.8 Å². The molecule has 82 valence electrons. The molecule has 0 saturated heterocycles. The van der Waals surface area contributed by atoms with Gasteiger partial charge in [-0.25, -0.2) is 22.0 Å². The van der Waals surface area contributed by atoms with Crippen molar-refractivity contribution in [2.45, 2.75) is 4.58 Å². The van der Waals surface area contributed by atoms with Gasteiger partial charge in [0.1, 0.15) is 8.82 Å². The van der Waals surface area contributed by atoms with Crippen molar-refractivity contribution in [2.75, 3.05) is 0 Å². The van der Waals surface area contributed by atoms with E-state index in [-0.39, 0.29) is 4.24 Å². The fourth-order valence-electron chi connectivity index (χ4n) is 1.28. The quantitative estimate of drug-likeness (QED) is 0.723. The van der Waals surface area contributed by atoms with Gasteiger partial charge in [0, 0.05) is 5.41 Å². The number of thioether (sulfide) groups is 1. The number of rotatable bonds is 1. The lowest BCUT2D eigenvalue weighted by Crippen LogP contribution is -2.17. The Hall–Kier alpha value is -0.570. The second kappa shape index (κ2) is 3.21. The Morgan fingerprint density at radius 2 is 2.07 bits per heavy atom. The van der Waals surface area contributed by atoms with Crippen molar-refractivity contribution in [3.05, 3.63) is 33.4 Å². The number of primary sulfonamides is 1. The molecule has 2 heterocycles. The molecule has 0 amide bonds. The molecule has 15 heavy (non-hydrogen) atoms. The lowest BCUT2D eigenvalue weighted by Gasteiger charge is -2.12. The standard InChI is InChI=1S/C7H7NO4S3/c8-15(11,12)6-4-5-2-1-3-14(9,10)7(5)13-6/h1-4,7H,(H2,8,11,12). The van der Waals surface area contributed by atoms with E-state index in [4.69, 9.17) is 5.14 Å². The van der Waals surface area contributed by atoms with Gasteiger partial charge >= 0.3 is 0 Å². The van der Waals surface area contributed by atoms with Crippen LogP contribution in [0.3, 0.4) is 0 Å². The first-order valence-corrected chi connectivity index (χ1v) is 7.87. The summed E-state index contributed by atoms with van der Waals surface area (Å²) in [5.41, 5.74) is 0.450. The topological polar surface area (TPSA) is 94.3 Å². The summed E-state index contributed by atoms with van der Waals surface area (Å²) in [5, 5.41) is 5.99. The van der Waals surface area contributed by atoms with E-state index in [9.17, 15) is 16.8 Å². The summed E-state index contributed by atoms with van der Waals surface area (Å²) in [6.45, 7) is 0. The van der Waals surface area contributed by atoms with Crippen LogP contribution in [0.5, 0.6) is 0 Å². The largest absolute Gasteiger partial charge is 0.244 e. The van der Waals surface area contributed by atoms with Crippen LogP contribution in [-0.4, -0.2) is 21.4 Å². The lowest BCUT2D eigenvalue weighted by atomic mass is 10.3. The number of hydrogen-bond donors (Lipinski definition) is 1. The van der Waals surface area contributed by atoms with Crippen LogP contribution in [0.4, 0.5) is 0 Å². The zero-order valence-corrected chi connectivity index (χ0v) is 9.77. The predicted molar refractivity (Wildman–Crippen MR) is 58.7 cm³/mol. The molecule has 2 aliphatic heterocycles. The van der Waals surface area contributed by atoms with Crippen molar-refractivity contribution in [3.63, 3.8) is 0 Å². The van der Waals surface area contributed by atoms with Crippen molar-refractivity contribution in [1.82, 2.24) is 0 Å². The molecule has 0 radical (unpaired) electrons. The normalized spacial score (nSPS) is 28.2. The fourth-order valence-corrected chi connectivity index (χ4v) is 5.29. The van der Waals surface area contributed by atoms with E-state index in [1.807, 2.05) is 0 Å². The highest BCUT2D eigenvalue weighted by Gasteiger charge is 2.37. The van der Waals surface area contributed by atoms with E-state index in [1.165, 1.54) is 12.2 Å². The molecule has 2 rings (SSSR count). The minimum Gasteiger partial charge on any atom is -0.224 e. The van der Waals surface area contributed by atoms with E-state index in [2.05, 4.69) is 0 Å². The van der Waals surface area contributed by atoms with Gasteiger partial charge in [-0.1, -0.05) is 23.9 Å². The van der Waals surface area contributed by atoms with Gasteiger partial charge in [-0.15, -0.1) is 0 Å². The summed E-state index contributed by atoms with van der Waals surface area (Å²) in [5.74, 6) is 0. The number of nitrogens with two attached hydrogens (primary N) is 1. The van der Waals surface area contributed by atoms with Crippen LogP contribution in [0.2, 0.25) is 0 Å². The highest BCUT2D eigenvalue weighted by atomic mass is 32.3. The van der Waals surface area contributed by atoms with Crippen LogP contribution in [0.25, 0.3) is 0 Å². The van der Waals surface area contributed by atoms with Gasteiger partial charge in [-0.05, 0) is 11.6 Å². The average molecular weight is 265 g/mol. The first kappa shape index (κ1) is 10.9. The number of fused-ring (bicyclic) bond motifs is 1. The number of allylic oxidation sites excluding steroid dienone is 3. The molecular formula is C7H7NO4S3. The minimum atomic E-state index is -3.82. The highest BCUT2D eigenvalue weighted by molar-refractivity contribution is 8.25. The number of sulfonamides is 1. The van der Waals surface area contributed by atoms with E-state index >= 15 is 0 Å². The molecule has 0 saturated carbocycles. The maximum Gasteiger partial charge on any atom is 0.244 e. The van der Waals surface area contributed by atoms with E-state index in [1.54, 1.807) is 6.08 Å².